The second kappa shape index (κ2) is 8.71. The minimum atomic E-state index is -0.968. The highest BCUT2D eigenvalue weighted by Crippen LogP contribution is 2.33. The maximum absolute atomic E-state index is 11.7. The molecule has 12 heteroatoms. The number of nitro benzene ring substituents is 2. The molecule has 0 spiro atoms. The SMILES string of the molecule is O=C(COc1ccc(Br)cc1)NN=Cc1cc([N+](=O)[O-])cc([N+](=O)[O-])c1O. The summed E-state index contributed by atoms with van der Waals surface area (Å²) in [6.07, 6.45) is 0.854. The number of hydrogen-bond acceptors (Lipinski definition) is 8. The van der Waals surface area contributed by atoms with Gasteiger partial charge in [0, 0.05) is 10.5 Å². The molecule has 0 unspecified atom stereocenters. The van der Waals surface area contributed by atoms with Gasteiger partial charge in [0.1, 0.15) is 5.75 Å². The van der Waals surface area contributed by atoms with Crippen LogP contribution in [0.3, 0.4) is 0 Å². The van der Waals surface area contributed by atoms with Crippen LogP contribution in [0.5, 0.6) is 11.5 Å². The smallest absolute Gasteiger partial charge is 0.318 e. The molecule has 0 saturated carbocycles. The molecule has 2 aromatic rings. The number of carbonyl (C=O) groups is 1. The van der Waals surface area contributed by atoms with Gasteiger partial charge in [-0.2, -0.15) is 5.10 Å². The van der Waals surface area contributed by atoms with Gasteiger partial charge in [0.25, 0.3) is 11.6 Å². The summed E-state index contributed by atoms with van der Waals surface area (Å²) in [7, 11) is 0. The van der Waals surface area contributed by atoms with Crippen molar-refractivity contribution in [2.75, 3.05) is 6.61 Å². The van der Waals surface area contributed by atoms with Gasteiger partial charge in [-0.3, -0.25) is 25.0 Å². The van der Waals surface area contributed by atoms with Crippen LogP contribution in [0.1, 0.15) is 5.56 Å². The van der Waals surface area contributed by atoms with Crippen molar-refractivity contribution in [1.82, 2.24) is 5.43 Å². The molecule has 0 aliphatic carbocycles. The Bertz CT molecular complexity index is 915. The van der Waals surface area contributed by atoms with Crippen molar-refractivity contribution in [3.63, 3.8) is 0 Å². The molecule has 2 aromatic carbocycles. The van der Waals surface area contributed by atoms with E-state index < -0.39 is 32.9 Å². The Morgan fingerprint density at radius 2 is 1.89 bits per heavy atom. The Hall–Kier alpha value is -3.54. The molecule has 0 radical (unpaired) electrons. The molecule has 0 saturated heterocycles. The number of nitrogens with zero attached hydrogens (tertiary/aromatic N) is 3. The number of halogens is 1. The lowest BCUT2D eigenvalue weighted by Crippen LogP contribution is -2.24. The molecule has 2 N–H and O–H groups in total. The second-order valence-electron chi connectivity index (χ2n) is 4.95. The number of non-ortho nitro benzene ring substituents is 1. The minimum absolute atomic E-state index is 0.301. The highest BCUT2D eigenvalue weighted by atomic mass is 79.9. The van der Waals surface area contributed by atoms with E-state index in [0.29, 0.717) is 11.8 Å². The summed E-state index contributed by atoms with van der Waals surface area (Å²) in [6, 6.07) is 8.24. The van der Waals surface area contributed by atoms with Crippen LogP contribution in [0.4, 0.5) is 11.4 Å². The number of hydrogen-bond donors (Lipinski definition) is 2. The van der Waals surface area contributed by atoms with Crippen LogP contribution in [0.15, 0.2) is 46.0 Å². The van der Waals surface area contributed by atoms with Gasteiger partial charge in [0.2, 0.25) is 5.75 Å². The van der Waals surface area contributed by atoms with Crippen LogP contribution in [0.2, 0.25) is 0 Å². The molecule has 1 amide bonds. The van der Waals surface area contributed by atoms with E-state index in [9.17, 15) is 30.1 Å². The highest BCUT2D eigenvalue weighted by Gasteiger charge is 2.23. The Kier molecular flexibility index (Phi) is 6.38. The number of nitrogens with one attached hydrogen (secondary N) is 1. The molecule has 11 nitrogen and oxygen atoms in total. The molecule has 0 fully saturated rings. The number of phenols is 1. The third-order valence-electron chi connectivity index (χ3n) is 3.09. The first-order chi connectivity index (χ1) is 12.8. The van der Waals surface area contributed by atoms with Crippen LogP contribution in [-0.4, -0.2) is 33.7 Å². The van der Waals surface area contributed by atoms with Crippen molar-refractivity contribution in [2.24, 2.45) is 5.10 Å². The number of amides is 1. The molecule has 0 heterocycles. The first kappa shape index (κ1) is 19.8. The summed E-state index contributed by atoms with van der Waals surface area (Å²) in [6.45, 7) is -0.361. The number of ether oxygens (including phenoxy) is 1. The van der Waals surface area contributed by atoms with E-state index in [1.165, 1.54) is 0 Å². The summed E-state index contributed by atoms with van der Waals surface area (Å²) in [4.78, 5) is 31.5. The van der Waals surface area contributed by atoms with Gasteiger partial charge in [-0.15, -0.1) is 0 Å². The summed E-state index contributed by atoms with van der Waals surface area (Å²) in [5.74, 6) is -1.01. The quantitative estimate of drug-likeness (QED) is 0.381. The van der Waals surface area contributed by atoms with Gasteiger partial charge < -0.3 is 9.84 Å². The number of aromatic hydroxyl groups is 1. The van der Waals surface area contributed by atoms with E-state index in [1.54, 1.807) is 24.3 Å². The van der Waals surface area contributed by atoms with E-state index in [-0.39, 0.29) is 12.2 Å². The van der Waals surface area contributed by atoms with Gasteiger partial charge in [-0.05, 0) is 24.3 Å². The first-order valence-corrected chi connectivity index (χ1v) is 7.93. The molecule has 0 aliphatic heterocycles. The van der Waals surface area contributed by atoms with E-state index >= 15 is 0 Å². The largest absolute Gasteiger partial charge is 0.502 e. The zero-order chi connectivity index (χ0) is 20.0. The van der Waals surface area contributed by atoms with Crippen molar-refractivity contribution < 1.29 is 24.5 Å². The van der Waals surface area contributed by atoms with Crippen LogP contribution in [0.25, 0.3) is 0 Å². The standard InChI is InChI=1S/C15H11BrN4O7/c16-10-1-3-12(4-2-10)27-8-14(21)18-17-7-9-5-11(19(23)24)6-13(15(9)22)20(25)26/h1-7,22H,8H2,(H,18,21). The van der Waals surface area contributed by atoms with Crippen LogP contribution >= 0.6 is 15.9 Å². The lowest BCUT2D eigenvalue weighted by Gasteiger charge is -2.05. The van der Waals surface area contributed by atoms with Crippen molar-refractivity contribution in [3.05, 3.63) is 66.7 Å². The molecule has 0 bridgehead atoms. The van der Waals surface area contributed by atoms with Crippen LogP contribution in [-0.2, 0) is 4.79 Å². The zero-order valence-corrected chi connectivity index (χ0v) is 15.0. The predicted molar refractivity (Wildman–Crippen MR) is 96.8 cm³/mol. The Balaban J connectivity index is 2.04. The monoisotopic (exact) mass is 438 g/mol. The van der Waals surface area contributed by atoms with Gasteiger partial charge in [-0.1, -0.05) is 15.9 Å². The Morgan fingerprint density at radius 3 is 2.48 bits per heavy atom. The average Bonchev–Trinajstić information content (AvgIpc) is 2.62. The van der Waals surface area contributed by atoms with E-state index in [4.69, 9.17) is 4.74 Å². The third-order valence-corrected chi connectivity index (χ3v) is 3.62. The minimum Gasteiger partial charge on any atom is -0.502 e. The van der Waals surface area contributed by atoms with Crippen LogP contribution < -0.4 is 10.2 Å². The average molecular weight is 439 g/mol. The van der Waals surface area contributed by atoms with Gasteiger partial charge in [0.15, 0.2) is 6.61 Å². The second-order valence-corrected chi connectivity index (χ2v) is 5.87. The summed E-state index contributed by atoms with van der Waals surface area (Å²) >= 11 is 3.26. The fourth-order valence-corrected chi connectivity index (χ4v) is 2.12. The first-order valence-electron chi connectivity index (χ1n) is 7.14. The Labute approximate surface area is 159 Å². The predicted octanol–water partition coefficient (Wildman–Crippen LogP) is 2.50. The highest BCUT2D eigenvalue weighted by molar-refractivity contribution is 9.10. The topological polar surface area (TPSA) is 157 Å². The fraction of sp³-hybridized carbons (Fsp3) is 0.0667. The molecule has 0 aromatic heterocycles. The number of benzene rings is 2. The molecule has 27 heavy (non-hydrogen) atoms. The van der Waals surface area contributed by atoms with E-state index in [0.717, 1.165) is 16.8 Å². The summed E-state index contributed by atoms with van der Waals surface area (Å²) < 4.78 is 6.06. The van der Waals surface area contributed by atoms with Gasteiger partial charge in [0.05, 0.1) is 27.7 Å². The number of nitro groups is 2. The lowest BCUT2D eigenvalue weighted by molar-refractivity contribution is -0.394. The normalized spacial score (nSPS) is 10.6. The molecule has 2 rings (SSSR count). The van der Waals surface area contributed by atoms with Gasteiger partial charge in [-0.25, -0.2) is 5.43 Å². The number of hydrazone groups is 1. The van der Waals surface area contributed by atoms with Crippen LogP contribution in [0, 0.1) is 20.2 Å². The summed E-state index contributed by atoms with van der Waals surface area (Å²) in [5, 5.41) is 35.0. The molecular formula is C15H11BrN4O7. The van der Waals surface area contributed by atoms with E-state index in [1.807, 2.05) is 0 Å². The fourth-order valence-electron chi connectivity index (χ4n) is 1.85. The van der Waals surface area contributed by atoms with Crippen molar-refractivity contribution in [2.45, 2.75) is 0 Å². The van der Waals surface area contributed by atoms with Crippen molar-refractivity contribution in [3.8, 4) is 11.5 Å². The Morgan fingerprint density at radius 1 is 1.22 bits per heavy atom. The zero-order valence-electron chi connectivity index (χ0n) is 13.4. The van der Waals surface area contributed by atoms with Crippen molar-refractivity contribution in [1.29, 1.82) is 0 Å². The maximum Gasteiger partial charge on any atom is 0.318 e. The number of phenolic OH excluding ortho intramolecular Hbond substituents is 1. The van der Waals surface area contributed by atoms with Crippen molar-refractivity contribution >= 4 is 39.4 Å². The molecule has 0 atom stereocenters. The summed E-state index contributed by atoms with van der Waals surface area (Å²) in [5.41, 5.74) is 0.325. The third kappa shape index (κ3) is 5.47. The molecule has 140 valence electrons. The molecule has 0 aliphatic rings. The number of rotatable bonds is 7. The van der Waals surface area contributed by atoms with E-state index in [2.05, 4.69) is 26.5 Å². The molecular weight excluding hydrogens is 428 g/mol. The lowest BCUT2D eigenvalue weighted by atomic mass is 10.1. The number of carbonyl (C=O) groups excluding carboxylic acids is 1. The van der Waals surface area contributed by atoms with Gasteiger partial charge >= 0.3 is 5.69 Å². The maximum atomic E-state index is 11.7.